The predicted octanol–water partition coefficient (Wildman–Crippen LogP) is 3.04. The van der Waals surface area contributed by atoms with Gasteiger partial charge >= 0.3 is 6.01 Å². The summed E-state index contributed by atoms with van der Waals surface area (Å²) in [5, 5.41) is 5.32. The molecule has 0 saturated carbocycles. The van der Waals surface area contributed by atoms with Gasteiger partial charge in [-0.3, -0.25) is 0 Å². The first-order valence-electron chi connectivity index (χ1n) is 8.87. The third kappa shape index (κ3) is 4.93. The molecular formula is C19H24N6O2S. The molecule has 0 aromatic carbocycles. The lowest BCUT2D eigenvalue weighted by Gasteiger charge is -2.12. The highest BCUT2D eigenvalue weighted by Crippen LogP contribution is 2.34. The SMILES string of the molecule is COc1cc(-c2cnc(NCCCN(C)C)nc2-c2cccs2)nc(OC)n1. The minimum atomic E-state index is 0.234. The van der Waals surface area contributed by atoms with Crippen molar-refractivity contribution in [3.05, 3.63) is 29.8 Å². The highest BCUT2D eigenvalue weighted by Gasteiger charge is 2.16. The number of aromatic nitrogens is 4. The fraction of sp³-hybridized carbons (Fsp3) is 0.368. The number of hydrogen-bond acceptors (Lipinski definition) is 9. The van der Waals surface area contributed by atoms with E-state index >= 15 is 0 Å². The predicted molar refractivity (Wildman–Crippen MR) is 111 cm³/mol. The lowest BCUT2D eigenvalue weighted by atomic mass is 10.1. The number of thiophene rings is 1. The van der Waals surface area contributed by atoms with Gasteiger partial charge in [-0.2, -0.15) is 9.97 Å². The van der Waals surface area contributed by atoms with Crippen molar-refractivity contribution in [3.8, 4) is 33.7 Å². The normalized spacial score (nSPS) is 10.9. The van der Waals surface area contributed by atoms with Gasteiger partial charge in [-0.25, -0.2) is 9.97 Å². The van der Waals surface area contributed by atoms with Crippen LogP contribution < -0.4 is 14.8 Å². The molecule has 148 valence electrons. The van der Waals surface area contributed by atoms with E-state index in [9.17, 15) is 0 Å². The Bertz CT molecular complexity index is 879. The molecule has 0 bridgehead atoms. The molecule has 3 rings (SSSR count). The molecule has 3 aromatic rings. The molecule has 0 spiro atoms. The Hall–Kier alpha value is -2.78. The van der Waals surface area contributed by atoms with Crippen LogP contribution in [0, 0.1) is 0 Å². The van der Waals surface area contributed by atoms with Crippen molar-refractivity contribution in [3.63, 3.8) is 0 Å². The number of rotatable bonds is 9. The minimum Gasteiger partial charge on any atom is -0.481 e. The summed E-state index contributed by atoms with van der Waals surface area (Å²) < 4.78 is 10.5. The first-order valence-corrected chi connectivity index (χ1v) is 9.75. The van der Waals surface area contributed by atoms with Crippen LogP contribution in [0.4, 0.5) is 5.95 Å². The van der Waals surface area contributed by atoms with Crippen LogP contribution in [0.15, 0.2) is 29.8 Å². The van der Waals surface area contributed by atoms with E-state index in [4.69, 9.17) is 14.5 Å². The molecule has 0 aliphatic heterocycles. The first-order chi connectivity index (χ1) is 13.6. The zero-order valence-corrected chi connectivity index (χ0v) is 17.3. The molecular weight excluding hydrogens is 376 g/mol. The summed E-state index contributed by atoms with van der Waals surface area (Å²) >= 11 is 1.62. The highest BCUT2D eigenvalue weighted by atomic mass is 32.1. The largest absolute Gasteiger partial charge is 0.481 e. The average molecular weight is 401 g/mol. The van der Waals surface area contributed by atoms with Gasteiger partial charge in [0, 0.05) is 24.4 Å². The third-order valence-corrected chi connectivity index (χ3v) is 4.83. The van der Waals surface area contributed by atoms with Gasteiger partial charge in [-0.15, -0.1) is 11.3 Å². The van der Waals surface area contributed by atoms with E-state index in [1.54, 1.807) is 30.7 Å². The molecule has 1 N–H and O–H groups in total. The van der Waals surface area contributed by atoms with Gasteiger partial charge in [0.05, 0.1) is 30.5 Å². The Morgan fingerprint density at radius 3 is 2.68 bits per heavy atom. The van der Waals surface area contributed by atoms with Crippen LogP contribution in [-0.2, 0) is 0 Å². The van der Waals surface area contributed by atoms with E-state index in [1.807, 2.05) is 17.5 Å². The Labute approximate surface area is 168 Å². The third-order valence-electron chi connectivity index (χ3n) is 3.96. The van der Waals surface area contributed by atoms with Gasteiger partial charge in [0.25, 0.3) is 0 Å². The molecule has 8 nitrogen and oxygen atoms in total. The molecule has 0 aliphatic carbocycles. The van der Waals surface area contributed by atoms with Crippen molar-refractivity contribution in [1.82, 2.24) is 24.8 Å². The van der Waals surface area contributed by atoms with Gasteiger partial charge < -0.3 is 19.7 Å². The smallest absolute Gasteiger partial charge is 0.320 e. The molecule has 0 unspecified atom stereocenters. The molecule has 3 heterocycles. The molecule has 0 amide bonds. The van der Waals surface area contributed by atoms with Crippen molar-refractivity contribution < 1.29 is 9.47 Å². The Morgan fingerprint density at radius 1 is 1.14 bits per heavy atom. The number of nitrogens with one attached hydrogen (secondary N) is 1. The van der Waals surface area contributed by atoms with Crippen LogP contribution in [0.25, 0.3) is 21.8 Å². The molecule has 0 atom stereocenters. The Morgan fingerprint density at radius 2 is 2.00 bits per heavy atom. The number of anilines is 1. The summed E-state index contributed by atoms with van der Waals surface area (Å²) in [5.74, 6) is 1.02. The van der Waals surface area contributed by atoms with Gasteiger partial charge in [-0.05, 0) is 38.5 Å². The molecule has 3 aromatic heterocycles. The van der Waals surface area contributed by atoms with Crippen molar-refractivity contribution in [2.24, 2.45) is 0 Å². The van der Waals surface area contributed by atoms with Crippen LogP contribution in [0.2, 0.25) is 0 Å². The lowest BCUT2D eigenvalue weighted by Crippen LogP contribution is -2.17. The summed E-state index contributed by atoms with van der Waals surface area (Å²) in [6.07, 6.45) is 2.78. The second kappa shape index (κ2) is 9.43. The maximum absolute atomic E-state index is 5.27. The second-order valence-electron chi connectivity index (χ2n) is 6.30. The monoisotopic (exact) mass is 400 g/mol. The molecule has 0 aliphatic rings. The van der Waals surface area contributed by atoms with Crippen LogP contribution in [-0.4, -0.2) is 66.2 Å². The summed E-state index contributed by atoms with van der Waals surface area (Å²) in [4.78, 5) is 21.0. The quantitative estimate of drug-likeness (QED) is 0.549. The maximum atomic E-state index is 5.27. The van der Waals surface area contributed by atoms with Gasteiger partial charge in [0.2, 0.25) is 11.8 Å². The molecule has 0 saturated heterocycles. The van der Waals surface area contributed by atoms with E-state index in [-0.39, 0.29) is 6.01 Å². The lowest BCUT2D eigenvalue weighted by molar-refractivity contribution is 0.353. The number of hydrogen-bond donors (Lipinski definition) is 1. The standard InChI is InChI=1S/C19H24N6O2S/c1-25(2)9-6-8-20-18-21-12-13(17(24-18)15-7-5-10-28-15)14-11-16(26-3)23-19(22-14)27-4/h5,7,10-12H,6,8-9H2,1-4H3,(H,20,21,24). The zero-order valence-electron chi connectivity index (χ0n) is 16.5. The average Bonchev–Trinajstić information content (AvgIpc) is 3.25. The summed E-state index contributed by atoms with van der Waals surface area (Å²) in [5.41, 5.74) is 2.24. The van der Waals surface area contributed by atoms with Gasteiger partial charge in [-0.1, -0.05) is 6.07 Å². The minimum absolute atomic E-state index is 0.234. The summed E-state index contributed by atoms with van der Waals surface area (Å²) in [7, 11) is 7.20. The molecule has 28 heavy (non-hydrogen) atoms. The van der Waals surface area contributed by atoms with Crippen LogP contribution >= 0.6 is 11.3 Å². The van der Waals surface area contributed by atoms with Crippen LogP contribution in [0.3, 0.4) is 0 Å². The summed E-state index contributed by atoms with van der Waals surface area (Å²) in [6.45, 7) is 1.81. The fourth-order valence-electron chi connectivity index (χ4n) is 2.59. The van der Waals surface area contributed by atoms with Gasteiger partial charge in [0.1, 0.15) is 0 Å². The van der Waals surface area contributed by atoms with E-state index in [1.165, 1.54) is 7.11 Å². The van der Waals surface area contributed by atoms with E-state index in [0.29, 0.717) is 17.5 Å². The molecule has 9 heteroatoms. The van der Waals surface area contributed by atoms with E-state index in [2.05, 4.69) is 39.3 Å². The first kappa shape index (κ1) is 20.0. The zero-order chi connectivity index (χ0) is 19.9. The van der Waals surface area contributed by atoms with Gasteiger partial charge in [0.15, 0.2) is 0 Å². The number of methoxy groups -OCH3 is 2. The highest BCUT2D eigenvalue weighted by molar-refractivity contribution is 7.13. The van der Waals surface area contributed by atoms with Crippen molar-refractivity contribution in [1.29, 1.82) is 0 Å². The Kier molecular flexibility index (Phi) is 6.72. The van der Waals surface area contributed by atoms with Crippen LogP contribution in [0.1, 0.15) is 6.42 Å². The fourth-order valence-corrected chi connectivity index (χ4v) is 3.32. The van der Waals surface area contributed by atoms with Crippen molar-refractivity contribution >= 4 is 17.3 Å². The van der Waals surface area contributed by atoms with Crippen molar-refractivity contribution in [2.45, 2.75) is 6.42 Å². The topological polar surface area (TPSA) is 85.3 Å². The van der Waals surface area contributed by atoms with Crippen LogP contribution in [0.5, 0.6) is 11.9 Å². The van der Waals surface area contributed by atoms with E-state index < -0.39 is 0 Å². The van der Waals surface area contributed by atoms with Crippen molar-refractivity contribution in [2.75, 3.05) is 46.7 Å². The maximum Gasteiger partial charge on any atom is 0.320 e. The number of nitrogens with zero attached hydrogens (tertiary/aromatic N) is 5. The molecule has 0 radical (unpaired) electrons. The Balaban J connectivity index is 1.95. The second-order valence-corrected chi connectivity index (χ2v) is 7.25. The molecule has 0 fully saturated rings. The number of ether oxygens (including phenoxy) is 2. The van der Waals surface area contributed by atoms with E-state index in [0.717, 1.165) is 35.6 Å². The summed E-state index contributed by atoms with van der Waals surface area (Å²) in [6, 6.07) is 6.01.